The highest BCUT2D eigenvalue weighted by molar-refractivity contribution is 6.30. The molecule has 0 saturated carbocycles. The van der Waals surface area contributed by atoms with E-state index in [0.29, 0.717) is 5.02 Å². The Morgan fingerprint density at radius 3 is 2.27 bits per heavy atom. The Hall–Kier alpha value is -1.32. The number of carbonyl (C=O) groups is 1. The maximum absolute atomic E-state index is 12.1. The van der Waals surface area contributed by atoms with Crippen molar-refractivity contribution >= 4 is 23.6 Å². The Labute approximate surface area is 138 Å². The Morgan fingerprint density at radius 1 is 1.18 bits per heavy atom. The third kappa shape index (κ3) is 5.15. The molecule has 1 saturated heterocycles. The van der Waals surface area contributed by atoms with E-state index in [4.69, 9.17) is 11.6 Å². The van der Waals surface area contributed by atoms with Gasteiger partial charge in [0.05, 0.1) is 0 Å². The molecule has 0 unspecified atom stereocenters. The summed E-state index contributed by atoms with van der Waals surface area (Å²) in [5.74, 6) is -0.0477. The average molecular weight is 321 g/mol. The van der Waals surface area contributed by atoms with E-state index in [0.717, 1.165) is 18.4 Å². The van der Waals surface area contributed by atoms with Crippen LogP contribution in [0.4, 0.5) is 0 Å². The number of hydrogen-bond acceptors (Lipinski definition) is 2. The van der Waals surface area contributed by atoms with E-state index in [2.05, 4.69) is 38.3 Å². The molecule has 1 amide bonds. The van der Waals surface area contributed by atoms with Crippen LogP contribution in [0.2, 0.25) is 5.02 Å². The second kappa shape index (κ2) is 6.43. The third-order valence-electron chi connectivity index (χ3n) is 3.83. The van der Waals surface area contributed by atoms with Gasteiger partial charge in [0.2, 0.25) is 5.91 Å². The number of hydrogen-bond donors (Lipinski definition) is 2. The summed E-state index contributed by atoms with van der Waals surface area (Å²) in [5, 5.41) is 7.43. The molecule has 1 aliphatic heterocycles. The van der Waals surface area contributed by atoms with Crippen molar-refractivity contribution < 1.29 is 4.79 Å². The summed E-state index contributed by atoms with van der Waals surface area (Å²) in [6, 6.07) is 7.60. The lowest BCUT2D eigenvalue weighted by atomic mass is 9.79. The monoisotopic (exact) mass is 320 g/mol. The number of piperidine rings is 1. The molecule has 2 N–H and O–H groups in total. The summed E-state index contributed by atoms with van der Waals surface area (Å²) in [6.45, 7) is 8.71. The molecule has 0 atom stereocenters. The van der Waals surface area contributed by atoms with Gasteiger partial charge in [-0.05, 0) is 64.3 Å². The van der Waals surface area contributed by atoms with Crippen molar-refractivity contribution in [3.05, 3.63) is 40.9 Å². The average Bonchev–Trinajstić information content (AvgIpc) is 2.34. The Balaban J connectivity index is 1.95. The quantitative estimate of drug-likeness (QED) is 0.832. The highest BCUT2D eigenvalue weighted by Gasteiger charge is 2.37. The second-order valence-corrected chi connectivity index (χ2v) is 7.83. The molecule has 0 bridgehead atoms. The topological polar surface area (TPSA) is 41.1 Å². The molecule has 1 aromatic rings. The molecule has 1 fully saturated rings. The van der Waals surface area contributed by atoms with Crippen LogP contribution in [0.3, 0.4) is 0 Å². The maximum atomic E-state index is 12.1. The van der Waals surface area contributed by atoms with Crippen LogP contribution in [0, 0.1) is 0 Å². The SMILES string of the molecule is CC1(C)CC(NC(=O)/C=C/c2ccc(Cl)cc2)CC(C)(C)N1. The maximum Gasteiger partial charge on any atom is 0.244 e. The Kier molecular flexibility index (Phi) is 4.98. The van der Waals surface area contributed by atoms with Crippen LogP contribution in [-0.2, 0) is 4.79 Å². The molecule has 120 valence electrons. The first-order valence-corrected chi connectivity index (χ1v) is 8.07. The minimum atomic E-state index is -0.0477. The van der Waals surface area contributed by atoms with Crippen LogP contribution in [0.1, 0.15) is 46.1 Å². The van der Waals surface area contributed by atoms with Gasteiger partial charge < -0.3 is 10.6 Å². The van der Waals surface area contributed by atoms with Crippen LogP contribution in [0.25, 0.3) is 6.08 Å². The van der Waals surface area contributed by atoms with Crippen LogP contribution < -0.4 is 10.6 Å². The lowest BCUT2D eigenvalue weighted by Crippen LogP contribution is -2.62. The number of carbonyl (C=O) groups excluding carboxylic acids is 1. The molecule has 1 aliphatic rings. The fourth-order valence-electron chi connectivity index (χ4n) is 3.42. The molecule has 4 heteroatoms. The number of amides is 1. The predicted molar refractivity (Wildman–Crippen MR) is 92.9 cm³/mol. The molecule has 1 aromatic carbocycles. The smallest absolute Gasteiger partial charge is 0.244 e. The van der Waals surface area contributed by atoms with Crippen molar-refractivity contribution in [3.63, 3.8) is 0 Å². The minimum Gasteiger partial charge on any atom is -0.350 e. The summed E-state index contributed by atoms with van der Waals surface area (Å²) >= 11 is 5.85. The predicted octanol–water partition coefficient (Wildman–Crippen LogP) is 3.78. The van der Waals surface area contributed by atoms with Gasteiger partial charge in [0, 0.05) is 28.2 Å². The lowest BCUT2D eigenvalue weighted by Gasteiger charge is -2.46. The zero-order chi connectivity index (χ0) is 16.4. The van der Waals surface area contributed by atoms with E-state index in [1.54, 1.807) is 6.08 Å². The van der Waals surface area contributed by atoms with E-state index in [1.807, 2.05) is 30.3 Å². The van der Waals surface area contributed by atoms with E-state index in [-0.39, 0.29) is 23.0 Å². The van der Waals surface area contributed by atoms with Gasteiger partial charge in [-0.25, -0.2) is 0 Å². The first kappa shape index (κ1) is 17.0. The standard InChI is InChI=1S/C18H25ClN2O/c1-17(2)11-15(12-18(3,4)21-17)20-16(22)10-7-13-5-8-14(19)9-6-13/h5-10,15,21H,11-12H2,1-4H3,(H,20,22)/b10-7+. The van der Waals surface area contributed by atoms with E-state index in [9.17, 15) is 4.79 Å². The number of halogens is 1. The van der Waals surface area contributed by atoms with Gasteiger partial charge in [0.15, 0.2) is 0 Å². The van der Waals surface area contributed by atoms with Gasteiger partial charge in [-0.3, -0.25) is 4.79 Å². The first-order chi connectivity index (χ1) is 10.2. The molecule has 0 radical (unpaired) electrons. The number of benzene rings is 1. The zero-order valence-corrected chi connectivity index (χ0v) is 14.5. The third-order valence-corrected chi connectivity index (χ3v) is 4.09. The fraction of sp³-hybridized carbons (Fsp3) is 0.500. The van der Waals surface area contributed by atoms with Gasteiger partial charge in [0.1, 0.15) is 0 Å². The van der Waals surface area contributed by atoms with Crippen LogP contribution in [0.15, 0.2) is 30.3 Å². The summed E-state index contributed by atoms with van der Waals surface area (Å²) in [4.78, 5) is 12.1. The van der Waals surface area contributed by atoms with Crippen LogP contribution in [0.5, 0.6) is 0 Å². The molecule has 2 rings (SSSR count). The fourth-order valence-corrected chi connectivity index (χ4v) is 3.55. The van der Waals surface area contributed by atoms with Crippen molar-refractivity contribution in [1.29, 1.82) is 0 Å². The Morgan fingerprint density at radius 2 is 1.73 bits per heavy atom. The largest absolute Gasteiger partial charge is 0.350 e. The number of rotatable bonds is 3. The van der Waals surface area contributed by atoms with Crippen molar-refractivity contribution in [2.24, 2.45) is 0 Å². The van der Waals surface area contributed by atoms with E-state index < -0.39 is 0 Å². The second-order valence-electron chi connectivity index (χ2n) is 7.39. The lowest BCUT2D eigenvalue weighted by molar-refractivity contribution is -0.117. The van der Waals surface area contributed by atoms with Gasteiger partial charge in [-0.2, -0.15) is 0 Å². The van der Waals surface area contributed by atoms with Crippen LogP contribution in [-0.4, -0.2) is 23.0 Å². The minimum absolute atomic E-state index is 0.0274. The van der Waals surface area contributed by atoms with Crippen molar-refractivity contribution in [2.45, 2.75) is 57.7 Å². The molecule has 1 heterocycles. The van der Waals surface area contributed by atoms with Crippen molar-refractivity contribution in [2.75, 3.05) is 0 Å². The molecule has 0 aromatic heterocycles. The molecule has 0 aliphatic carbocycles. The Bertz CT molecular complexity index is 545. The van der Waals surface area contributed by atoms with Crippen molar-refractivity contribution in [1.82, 2.24) is 10.6 Å². The molecular weight excluding hydrogens is 296 g/mol. The van der Waals surface area contributed by atoms with Gasteiger partial charge in [0.25, 0.3) is 0 Å². The highest BCUT2D eigenvalue weighted by atomic mass is 35.5. The van der Waals surface area contributed by atoms with Gasteiger partial charge >= 0.3 is 0 Å². The zero-order valence-electron chi connectivity index (χ0n) is 13.7. The summed E-state index contributed by atoms with van der Waals surface area (Å²) in [6.07, 6.45) is 5.25. The molecular formula is C18H25ClN2O. The number of nitrogens with one attached hydrogen (secondary N) is 2. The normalized spacial score (nSPS) is 21.0. The van der Waals surface area contributed by atoms with Crippen molar-refractivity contribution in [3.8, 4) is 0 Å². The highest BCUT2D eigenvalue weighted by Crippen LogP contribution is 2.28. The molecule has 22 heavy (non-hydrogen) atoms. The van der Waals surface area contributed by atoms with E-state index >= 15 is 0 Å². The molecule has 3 nitrogen and oxygen atoms in total. The van der Waals surface area contributed by atoms with Gasteiger partial charge in [-0.1, -0.05) is 23.7 Å². The first-order valence-electron chi connectivity index (χ1n) is 7.69. The van der Waals surface area contributed by atoms with E-state index in [1.165, 1.54) is 0 Å². The summed E-state index contributed by atoms with van der Waals surface area (Å²) < 4.78 is 0. The van der Waals surface area contributed by atoms with Crippen LogP contribution >= 0.6 is 11.6 Å². The van der Waals surface area contributed by atoms with Gasteiger partial charge in [-0.15, -0.1) is 0 Å². The molecule has 0 spiro atoms. The summed E-state index contributed by atoms with van der Waals surface area (Å²) in [7, 11) is 0. The summed E-state index contributed by atoms with van der Waals surface area (Å²) in [5.41, 5.74) is 1.02.